The minimum absolute atomic E-state index is 0.690. The van der Waals surface area contributed by atoms with Crippen LogP contribution in [0.25, 0.3) is 22.0 Å². The first-order chi connectivity index (χ1) is 14.3. The van der Waals surface area contributed by atoms with E-state index in [1.807, 2.05) is 24.3 Å². The van der Waals surface area contributed by atoms with Crippen molar-refractivity contribution in [3.8, 4) is 22.0 Å². The van der Waals surface area contributed by atoms with E-state index < -0.39 is 0 Å². The molecule has 0 atom stereocenters. The van der Waals surface area contributed by atoms with Gasteiger partial charge in [-0.05, 0) is 12.5 Å². The predicted octanol–water partition coefficient (Wildman–Crippen LogP) is 6.56. The zero-order valence-electron chi connectivity index (χ0n) is 16.2. The molecule has 0 bridgehead atoms. The van der Waals surface area contributed by atoms with E-state index in [9.17, 15) is 0 Å². The molecule has 0 spiro atoms. The van der Waals surface area contributed by atoms with Gasteiger partial charge in [-0.3, -0.25) is 4.57 Å². The van der Waals surface area contributed by atoms with Crippen molar-refractivity contribution < 1.29 is 0 Å². The van der Waals surface area contributed by atoms with E-state index in [1.165, 1.54) is 4.88 Å². The third kappa shape index (κ3) is 4.69. The van der Waals surface area contributed by atoms with E-state index in [-0.39, 0.29) is 0 Å². The van der Waals surface area contributed by atoms with Gasteiger partial charge in [0.15, 0.2) is 11.0 Å². The van der Waals surface area contributed by atoms with Crippen molar-refractivity contribution in [1.29, 1.82) is 0 Å². The average Bonchev–Trinajstić information content (AvgIpc) is 3.48. The number of aromatic nitrogens is 4. The number of benzene rings is 1. The molecule has 0 saturated carbocycles. The molecule has 0 aliphatic heterocycles. The maximum absolute atomic E-state index is 4.78. The molecule has 0 N–H and O–H groups in total. The Morgan fingerprint density at radius 3 is 2.76 bits per heavy atom. The normalized spacial score (nSPS) is 11.1. The van der Waals surface area contributed by atoms with Crippen LogP contribution >= 0.6 is 34.4 Å². The van der Waals surface area contributed by atoms with Gasteiger partial charge in [0, 0.05) is 39.1 Å². The molecule has 29 heavy (non-hydrogen) atoms. The molecule has 4 nitrogen and oxygen atoms in total. The molecule has 7 heteroatoms. The average molecular weight is 439 g/mol. The van der Waals surface area contributed by atoms with Crippen LogP contribution in [0.15, 0.2) is 65.0 Å². The van der Waals surface area contributed by atoms with Gasteiger partial charge < -0.3 is 0 Å². The van der Waals surface area contributed by atoms with Crippen LogP contribution in [0.5, 0.6) is 0 Å². The van der Waals surface area contributed by atoms with Gasteiger partial charge in [0.05, 0.1) is 5.69 Å². The highest BCUT2D eigenvalue weighted by atomic mass is 32.2. The lowest BCUT2D eigenvalue weighted by molar-refractivity contribution is 0.731. The zero-order valence-corrected chi connectivity index (χ0v) is 18.7. The standard InChI is InChI=1S/C22H22N4S3/c1-3-8-19-12-17(13-27-19)20-24-25-22(26(20)11-4-2)29-15-18-14-28-21(23-18)16-9-6-5-7-10-16/h4-7,9-10,12-14H,2-3,8,11,15H2,1H3. The van der Waals surface area contributed by atoms with E-state index in [4.69, 9.17) is 4.98 Å². The molecule has 0 aliphatic rings. The summed E-state index contributed by atoms with van der Waals surface area (Å²) < 4.78 is 2.14. The van der Waals surface area contributed by atoms with E-state index in [1.54, 1.807) is 34.4 Å². The second-order valence-electron chi connectivity index (χ2n) is 6.56. The van der Waals surface area contributed by atoms with Gasteiger partial charge in [-0.15, -0.1) is 39.4 Å². The fourth-order valence-electron chi connectivity index (χ4n) is 3.00. The Bertz CT molecular complexity index is 1080. The molecule has 3 aromatic heterocycles. The largest absolute Gasteiger partial charge is 0.298 e. The molecule has 148 valence electrons. The predicted molar refractivity (Wildman–Crippen MR) is 125 cm³/mol. The summed E-state index contributed by atoms with van der Waals surface area (Å²) in [5.41, 5.74) is 3.36. The maximum Gasteiger partial charge on any atom is 0.192 e. The molecule has 0 amide bonds. The summed E-state index contributed by atoms with van der Waals surface area (Å²) in [4.78, 5) is 6.17. The van der Waals surface area contributed by atoms with E-state index >= 15 is 0 Å². The topological polar surface area (TPSA) is 43.6 Å². The van der Waals surface area contributed by atoms with Crippen LogP contribution in [0.2, 0.25) is 0 Å². The summed E-state index contributed by atoms with van der Waals surface area (Å²) in [5.74, 6) is 1.68. The Morgan fingerprint density at radius 1 is 1.10 bits per heavy atom. The number of nitrogens with zero attached hydrogens (tertiary/aromatic N) is 4. The van der Waals surface area contributed by atoms with Crippen LogP contribution in [0.3, 0.4) is 0 Å². The Hall–Kier alpha value is -2.22. The van der Waals surface area contributed by atoms with Crippen LogP contribution < -0.4 is 0 Å². The molecule has 0 aliphatic carbocycles. The summed E-state index contributed by atoms with van der Waals surface area (Å²) in [6.45, 7) is 6.80. The fraction of sp³-hybridized carbons (Fsp3) is 0.227. The monoisotopic (exact) mass is 438 g/mol. The molecule has 0 unspecified atom stereocenters. The van der Waals surface area contributed by atoms with Gasteiger partial charge in [0.2, 0.25) is 0 Å². The molecule has 0 saturated heterocycles. The van der Waals surface area contributed by atoms with Crippen molar-refractivity contribution in [2.75, 3.05) is 0 Å². The highest BCUT2D eigenvalue weighted by Gasteiger charge is 2.16. The molecule has 3 heterocycles. The highest BCUT2D eigenvalue weighted by molar-refractivity contribution is 7.98. The molecular weight excluding hydrogens is 416 g/mol. The molecule has 0 fully saturated rings. The van der Waals surface area contributed by atoms with Crippen LogP contribution in [-0.4, -0.2) is 19.7 Å². The summed E-state index contributed by atoms with van der Waals surface area (Å²) in [6, 6.07) is 12.5. The van der Waals surface area contributed by atoms with Crippen molar-refractivity contribution >= 4 is 34.4 Å². The summed E-state index contributed by atoms with van der Waals surface area (Å²) in [5, 5.41) is 15.2. The lowest BCUT2D eigenvalue weighted by Gasteiger charge is -2.06. The Labute approximate surface area is 183 Å². The van der Waals surface area contributed by atoms with Crippen LogP contribution in [-0.2, 0) is 18.7 Å². The van der Waals surface area contributed by atoms with Crippen molar-refractivity contribution in [1.82, 2.24) is 19.7 Å². The van der Waals surface area contributed by atoms with Crippen molar-refractivity contribution in [2.24, 2.45) is 0 Å². The Kier molecular flexibility index (Phi) is 6.59. The summed E-state index contributed by atoms with van der Waals surface area (Å²) >= 11 is 5.14. The van der Waals surface area contributed by atoms with E-state index in [2.05, 4.69) is 57.2 Å². The molecular formula is C22H22N4S3. The first-order valence-electron chi connectivity index (χ1n) is 9.53. The van der Waals surface area contributed by atoms with Crippen molar-refractivity contribution in [3.05, 3.63) is 70.4 Å². The second kappa shape index (κ2) is 9.52. The zero-order chi connectivity index (χ0) is 20.1. The number of thiophene rings is 1. The first kappa shape index (κ1) is 20.1. The molecule has 0 radical (unpaired) electrons. The van der Waals surface area contributed by atoms with Gasteiger partial charge in [0.25, 0.3) is 0 Å². The number of hydrogen-bond acceptors (Lipinski definition) is 6. The van der Waals surface area contributed by atoms with Gasteiger partial charge in [-0.1, -0.05) is 61.5 Å². The number of thiazole rings is 1. The maximum atomic E-state index is 4.78. The minimum atomic E-state index is 0.690. The van der Waals surface area contributed by atoms with E-state index in [0.717, 1.165) is 51.4 Å². The SMILES string of the molecule is C=CCn1c(SCc2csc(-c3ccccc3)n2)nnc1-c1csc(CCC)c1. The van der Waals surface area contributed by atoms with Crippen molar-refractivity contribution in [3.63, 3.8) is 0 Å². The van der Waals surface area contributed by atoms with Crippen LogP contribution in [0.1, 0.15) is 23.9 Å². The fourth-order valence-corrected chi connectivity index (χ4v) is 5.74. The third-order valence-electron chi connectivity index (χ3n) is 4.36. The summed E-state index contributed by atoms with van der Waals surface area (Å²) in [6.07, 6.45) is 4.15. The number of allylic oxidation sites excluding steroid dienone is 1. The van der Waals surface area contributed by atoms with Gasteiger partial charge in [-0.25, -0.2) is 4.98 Å². The van der Waals surface area contributed by atoms with Crippen LogP contribution in [0, 0.1) is 0 Å². The first-order valence-corrected chi connectivity index (χ1v) is 12.3. The number of hydrogen-bond donors (Lipinski definition) is 0. The molecule has 1 aromatic carbocycles. The highest BCUT2D eigenvalue weighted by Crippen LogP contribution is 2.31. The second-order valence-corrected chi connectivity index (χ2v) is 9.35. The summed E-state index contributed by atoms with van der Waals surface area (Å²) in [7, 11) is 0. The Morgan fingerprint density at radius 2 is 1.97 bits per heavy atom. The van der Waals surface area contributed by atoms with Gasteiger partial charge in [-0.2, -0.15) is 0 Å². The number of rotatable bonds is 9. The number of thioether (sulfide) groups is 1. The molecule has 4 rings (SSSR count). The van der Waals surface area contributed by atoms with Gasteiger partial charge in [0.1, 0.15) is 5.01 Å². The Balaban J connectivity index is 1.51. The lowest BCUT2D eigenvalue weighted by Crippen LogP contribution is -2.00. The van der Waals surface area contributed by atoms with Crippen molar-refractivity contribution in [2.45, 2.75) is 37.2 Å². The third-order valence-corrected chi connectivity index (χ3v) is 7.30. The number of aryl methyl sites for hydroxylation is 1. The lowest BCUT2D eigenvalue weighted by atomic mass is 10.2. The smallest absolute Gasteiger partial charge is 0.192 e. The molecule has 4 aromatic rings. The minimum Gasteiger partial charge on any atom is -0.298 e. The van der Waals surface area contributed by atoms with E-state index in [0.29, 0.717) is 6.54 Å². The van der Waals surface area contributed by atoms with Gasteiger partial charge >= 0.3 is 0 Å². The quantitative estimate of drug-likeness (QED) is 0.219. The van der Waals surface area contributed by atoms with Crippen LogP contribution in [0.4, 0.5) is 0 Å².